The first-order chi connectivity index (χ1) is 10.8. The maximum atomic E-state index is 13.6. The maximum absolute atomic E-state index is 13.6. The van der Waals surface area contributed by atoms with E-state index < -0.39 is 29.8 Å². The molecule has 2 rings (SSSR count). The Morgan fingerprint density at radius 3 is 2.78 bits per heavy atom. The molecular formula is C15H17Cl2FN2O3. The Labute approximate surface area is 143 Å². The number of piperidine rings is 1. The number of likely N-dealkylation sites (tertiary alicyclic amines) is 1. The predicted molar refractivity (Wildman–Crippen MR) is 85.3 cm³/mol. The van der Waals surface area contributed by atoms with Crippen molar-refractivity contribution in [3.05, 3.63) is 33.6 Å². The number of carboxylic acid groups (broad SMARTS) is 1. The molecule has 1 aromatic carbocycles. The van der Waals surface area contributed by atoms with Gasteiger partial charge in [0.25, 0.3) is 0 Å². The Kier molecular flexibility index (Phi) is 5.70. The molecule has 1 aliphatic heterocycles. The minimum absolute atomic E-state index is 0.132. The number of amides is 2. The van der Waals surface area contributed by atoms with Crippen molar-refractivity contribution in [2.45, 2.75) is 25.8 Å². The summed E-state index contributed by atoms with van der Waals surface area (Å²) >= 11 is 12.0. The third-order valence-corrected chi connectivity index (χ3v) is 4.62. The average molecular weight is 363 g/mol. The lowest BCUT2D eigenvalue weighted by Gasteiger charge is -2.32. The molecule has 2 amide bonds. The number of carboxylic acids is 1. The van der Waals surface area contributed by atoms with Crippen LogP contribution in [0.15, 0.2) is 12.1 Å². The van der Waals surface area contributed by atoms with Gasteiger partial charge in [0.1, 0.15) is 5.82 Å². The van der Waals surface area contributed by atoms with Crippen LogP contribution >= 0.6 is 23.2 Å². The highest BCUT2D eigenvalue weighted by molar-refractivity contribution is 6.36. The summed E-state index contributed by atoms with van der Waals surface area (Å²) in [7, 11) is 0. The highest BCUT2D eigenvalue weighted by Gasteiger charge is 2.29. The van der Waals surface area contributed by atoms with Gasteiger partial charge in [0.2, 0.25) is 0 Å². The molecular weight excluding hydrogens is 346 g/mol. The van der Waals surface area contributed by atoms with E-state index in [0.717, 1.165) is 6.07 Å². The largest absolute Gasteiger partial charge is 0.481 e. The van der Waals surface area contributed by atoms with E-state index in [1.165, 1.54) is 11.0 Å². The number of carbonyl (C=O) groups excluding carboxylic acids is 1. The first-order valence-electron chi connectivity index (χ1n) is 7.23. The first-order valence-corrected chi connectivity index (χ1v) is 7.98. The number of hydrogen-bond donors (Lipinski definition) is 2. The molecule has 8 heteroatoms. The maximum Gasteiger partial charge on any atom is 0.317 e. The third kappa shape index (κ3) is 4.06. The van der Waals surface area contributed by atoms with Gasteiger partial charge in [0, 0.05) is 23.7 Å². The zero-order chi connectivity index (χ0) is 17.1. The number of carbonyl (C=O) groups is 2. The summed E-state index contributed by atoms with van der Waals surface area (Å²) in [5.41, 5.74) is 0.300. The standard InChI is InChI=1S/C15H17Cl2FN2O3/c1-8(12-10(16)4-5-11(18)13(12)17)19-15(23)20-6-2-3-9(7-20)14(21)22/h4-5,8-9H,2-3,6-7H2,1H3,(H,19,23)(H,21,22). The van der Waals surface area contributed by atoms with E-state index in [9.17, 15) is 14.0 Å². The summed E-state index contributed by atoms with van der Waals surface area (Å²) in [5.74, 6) is -2.09. The lowest BCUT2D eigenvalue weighted by molar-refractivity contribution is -0.143. The normalized spacial score (nSPS) is 19.3. The van der Waals surface area contributed by atoms with E-state index >= 15 is 0 Å². The predicted octanol–water partition coefficient (Wildman–Crippen LogP) is 3.70. The van der Waals surface area contributed by atoms with Gasteiger partial charge in [0.05, 0.1) is 17.0 Å². The molecule has 1 aliphatic rings. The van der Waals surface area contributed by atoms with Gasteiger partial charge in [-0.2, -0.15) is 0 Å². The van der Waals surface area contributed by atoms with Crippen molar-refractivity contribution < 1.29 is 19.1 Å². The van der Waals surface area contributed by atoms with Gasteiger partial charge in [-0.25, -0.2) is 9.18 Å². The van der Waals surface area contributed by atoms with Crippen molar-refractivity contribution in [2.75, 3.05) is 13.1 Å². The molecule has 0 saturated carbocycles. The quantitative estimate of drug-likeness (QED) is 0.805. The van der Waals surface area contributed by atoms with Crippen LogP contribution in [0.5, 0.6) is 0 Å². The van der Waals surface area contributed by atoms with Crippen LogP contribution in [-0.4, -0.2) is 35.1 Å². The van der Waals surface area contributed by atoms with E-state index in [4.69, 9.17) is 28.3 Å². The molecule has 2 atom stereocenters. The van der Waals surface area contributed by atoms with Crippen LogP contribution in [0, 0.1) is 11.7 Å². The molecule has 1 heterocycles. The number of nitrogens with zero attached hydrogens (tertiary/aromatic N) is 1. The van der Waals surface area contributed by atoms with Crippen LogP contribution in [0.25, 0.3) is 0 Å². The zero-order valence-electron chi connectivity index (χ0n) is 12.5. The molecule has 2 N–H and O–H groups in total. The van der Waals surface area contributed by atoms with E-state index in [1.54, 1.807) is 6.92 Å². The highest BCUT2D eigenvalue weighted by Crippen LogP contribution is 2.32. The molecule has 23 heavy (non-hydrogen) atoms. The summed E-state index contributed by atoms with van der Waals surface area (Å²) in [6, 6.07) is 1.51. The molecule has 2 unspecified atom stereocenters. The van der Waals surface area contributed by atoms with Gasteiger partial charge in [-0.1, -0.05) is 23.2 Å². The van der Waals surface area contributed by atoms with Gasteiger partial charge >= 0.3 is 12.0 Å². The minimum Gasteiger partial charge on any atom is -0.481 e. The minimum atomic E-state index is -0.910. The van der Waals surface area contributed by atoms with Gasteiger partial charge in [-0.15, -0.1) is 0 Å². The molecule has 126 valence electrons. The molecule has 1 fully saturated rings. The lowest BCUT2D eigenvalue weighted by Crippen LogP contribution is -2.47. The molecule has 1 saturated heterocycles. The molecule has 0 radical (unpaired) electrons. The van der Waals surface area contributed by atoms with Crippen molar-refractivity contribution in [3.8, 4) is 0 Å². The van der Waals surface area contributed by atoms with E-state index in [-0.39, 0.29) is 16.6 Å². The number of urea groups is 1. The Bertz CT molecular complexity index is 627. The van der Waals surface area contributed by atoms with Gasteiger partial charge in [-0.05, 0) is 31.9 Å². The first kappa shape index (κ1) is 17.8. The number of rotatable bonds is 3. The van der Waals surface area contributed by atoms with Crippen molar-refractivity contribution in [1.82, 2.24) is 10.2 Å². The zero-order valence-corrected chi connectivity index (χ0v) is 14.0. The second kappa shape index (κ2) is 7.36. The Hall–Kier alpha value is -1.53. The van der Waals surface area contributed by atoms with Gasteiger partial charge in [0.15, 0.2) is 0 Å². The van der Waals surface area contributed by atoms with Crippen LogP contribution < -0.4 is 5.32 Å². The van der Waals surface area contributed by atoms with Crippen LogP contribution in [0.2, 0.25) is 10.0 Å². The van der Waals surface area contributed by atoms with Gasteiger partial charge < -0.3 is 15.3 Å². The SMILES string of the molecule is CC(NC(=O)N1CCCC(C(=O)O)C1)c1c(Cl)ccc(F)c1Cl. The highest BCUT2D eigenvalue weighted by atomic mass is 35.5. The lowest BCUT2D eigenvalue weighted by atomic mass is 9.98. The monoisotopic (exact) mass is 362 g/mol. The number of benzene rings is 1. The fourth-order valence-corrected chi connectivity index (χ4v) is 3.35. The summed E-state index contributed by atoms with van der Waals surface area (Å²) in [6.07, 6.45) is 1.18. The Morgan fingerprint density at radius 1 is 1.43 bits per heavy atom. The van der Waals surface area contributed by atoms with E-state index in [1.807, 2.05) is 0 Å². The Morgan fingerprint density at radius 2 is 2.13 bits per heavy atom. The Balaban J connectivity index is 2.08. The molecule has 0 spiro atoms. The summed E-state index contributed by atoms with van der Waals surface area (Å²) < 4.78 is 13.6. The van der Waals surface area contributed by atoms with Crippen LogP contribution in [0.1, 0.15) is 31.4 Å². The fourth-order valence-electron chi connectivity index (χ4n) is 2.65. The molecule has 5 nitrogen and oxygen atoms in total. The fraction of sp³-hybridized carbons (Fsp3) is 0.467. The topological polar surface area (TPSA) is 69.6 Å². The molecule has 0 aliphatic carbocycles. The third-order valence-electron chi connectivity index (χ3n) is 3.91. The van der Waals surface area contributed by atoms with Crippen LogP contribution in [0.4, 0.5) is 9.18 Å². The van der Waals surface area contributed by atoms with Gasteiger partial charge in [-0.3, -0.25) is 4.79 Å². The molecule has 0 bridgehead atoms. The smallest absolute Gasteiger partial charge is 0.317 e. The summed E-state index contributed by atoms with van der Waals surface area (Å²) in [5, 5.41) is 11.9. The number of halogens is 3. The molecule has 0 aromatic heterocycles. The van der Waals surface area contributed by atoms with Crippen LogP contribution in [0.3, 0.4) is 0 Å². The summed E-state index contributed by atoms with van der Waals surface area (Å²) in [4.78, 5) is 24.8. The van der Waals surface area contributed by atoms with Crippen molar-refractivity contribution in [1.29, 1.82) is 0 Å². The summed E-state index contributed by atoms with van der Waals surface area (Å²) in [6.45, 7) is 2.27. The second-order valence-corrected chi connectivity index (χ2v) is 6.34. The number of hydrogen-bond acceptors (Lipinski definition) is 2. The van der Waals surface area contributed by atoms with Crippen molar-refractivity contribution >= 4 is 35.2 Å². The average Bonchev–Trinajstić information content (AvgIpc) is 2.51. The number of aliphatic carboxylic acids is 1. The second-order valence-electron chi connectivity index (χ2n) is 5.55. The molecule has 1 aromatic rings. The van der Waals surface area contributed by atoms with E-state index in [2.05, 4.69) is 5.32 Å². The number of nitrogens with one attached hydrogen (secondary N) is 1. The van der Waals surface area contributed by atoms with Crippen molar-refractivity contribution in [2.24, 2.45) is 5.92 Å². The van der Waals surface area contributed by atoms with E-state index in [0.29, 0.717) is 24.9 Å². The van der Waals surface area contributed by atoms with Crippen LogP contribution in [-0.2, 0) is 4.79 Å². The van der Waals surface area contributed by atoms with Crippen molar-refractivity contribution in [3.63, 3.8) is 0 Å².